The maximum atomic E-state index is 11.9. The second-order valence-corrected chi connectivity index (χ2v) is 5.52. The standard InChI is InChI=1S/C12H16BrN3O/c1-7(2)16-11(17)5-9(14)12(16)10-4-3-8(13)6-15-10/h3-4,6-7,9,12H,5,14H2,1-2H3. The van der Waals surface area contributed by atoms with Crippen molar-refractivity contribution in [1.82, 2.24) is 9.88 Å². The second-order valence-electron chi connectivity index (χ2n) is 4.61. The van der Waals surface area contributed by atoms with E-state index in [1.165, 1.54) is 0 Å². The molecular formula is C12H16BrN3O. The number of carbonyl (C=O) groups excluding carboxylic acids is 1. The average Bonchev–Trinajstić information content (AvgIpc) is 2.55. The molecule has 0 spiro atoms. The van der Waals surface area contributed by atoms with Crippen molar-refractivity contribution in [1.29, 1.82) is 0 Å². The van der Waals surface area contributed by atoms with Gasteiger partial charge < -0.3 is 10.6 Å². The predicted molar refractivity (Wildman–Crippen MR) is 69.3 cm³/mol. The maximum Gasteiger partial charge on any atom is 0.225 e. The SMILES string of the molecule is CC(C)N1C(=O)CC(N)C1c1ccc(Br)cn1. The van der Waals surface area contributed by atoms with Crippen LogP contribution in [0.1, 0.15) is 32.0 Å². The van der Waals surface area contributed by atoms with E-state index in [0.29, 0.717) is 6.42 Å². The van der Waals surface area contributed by atoms with Gasteiger partial charge in [0.2, 0.25) is 5.91 Å². The van der Waals surface area contributed by atoms with Crippen LogP contribution in [-0.4, -0.2) is 27.9 Å². The van der Waals surface area contributed by atoms with Crippen LogP contribution in [0.4, 0.5) is 0 Å². The second kappa shape index (κ2) is 4.74. The normalized spacial score (nSPS) is 24.8. The van der Waals surface area contributed by atoms with E-state index < -0.39 is 0 Å². The zero-order chi connectivity index (χ0) is 12.6. The van der Waals surface area contributed by atoms with Crippen molar-refractivity contribution in [3.63, 3.8) is 0 Å². The van der Waals surface area contributed by atoms with Crippen LogP contribution in [0.3, 0.4) is 0 Å². The van der Waals surface area contributed by atoms with Crippen molar-refractivity contribution >= 4 is 21.8 Å². The third-order valence-corrected chi connectivity index (χ3v) is 3.48. The van der Waals surface area contributed by atoms with Crippen molar-refractivity contribution in [3.8, 4) is 0 Å². The molecule has 2 unspecified atom stereocenters. The molecule has 0 radical (unpaired) electrons. The number of pyridine rings is 1. The van der Waals surface area contributed by atoms with Gasteiger partial charge in [0.25, 0.3) is 0 Å². The fourth-order valence-electron chi connectivity index (χ4n) is 2.31. The number of carbonyl (C=O) groups is 1. The smallest absolute Gasteiger partial charge is 0.225 e. The minimum Gasteiger partial charge on any atom is -0.330 e. The van der Waals surface area contributed by atoms with Crippen LogP contribution in [-0.2, 0) is 4.79 Å². The van der Waals surface area contributed by atoms with Crippen molar-refractivity contribution in [2.24, 2.45) is 5.73 Å². The van der Waals surface area contributed by atoms with Gasteiger partial charge in [-0.15, -0.1) is 0 Å². The summed E-state index contributed by atoms with van der Waals surface area (Å²) in [7, 11) is 0. The predicted octanol–water partition coefficient (Wildman–Crippen LogP) is 1.85. The Bertz CT molecular complexity index is 418. The molecule has 0 aromatic carbocycles. The van der Waals surface area contributed by atoms with Crippen LogP contribution in [0.25, 0.3) is 0 Å². The third kappa shape index (κ3) is 2.35. The Kier molecular flexibility index (Phi) is 3.49. The summed E-state index contributed by atoms with van der Waals surface area (Å²) in [4.78, 5) is 18.1. The highest BCUT2D eigenvalue weighted by Crippen LogP contribution is 2.32. The minimum atomic E-state index is -0.168. The van der Waals surface area contributed by atoms with Crippen LogP contribution < -0.4 is 5.73 Å². The summed E-state index contributed by atoms with van der Waals surface area (Å²) in [5.41, 5.74) is 6.91. The quantitative estimate of drug-likeness (QED) is 0.906. The summed E-state index contributed by atoms with van der Waals surface area (Å²) in [5, 5.41) is 0. The molecule has 4 nitrogen and oxygen atoms in total. The van der Waals surface area contributed by atoms with Gasteiger partial charge in [0, 0.05) is 29.2 Å². The summed E-state index contributed by atoms with van der Waals surface area (Å²) in [6.07, 6.45) is 2.14. The number of nitrogens with zero attached hydrogens (tertiary/aromatic N) is 2. The summed E-state index contributed by atoms with van der Waals surface area (Å²) in [5.74, 6) is 0.113. The van der Waals surface area contributed by atoms with Crippen molar-refractivity contribution in [3.05, 3.63) is 28.5 Å². The van der Waals surface area contributed by atoms with Gasteiger partial charge in [-0.3, -0.25) is 9.78 Å². The van der Waals surface area contributed by atoms with E-state index in [-0.39, 0.29) is 24.0 Å². The Labute approximate surface area is 109 Å². The van der Waals surface area contributed by atoms with E-state index in [4.69, 9.17) is 5.73 Å². The Hall–Kier alpha value is -0.940. The summed E-state index contributed by atoms with van der Waals surface area (Å²) < 4.78 is 0.926. The Morgan fingerprint density at radius 1 is 1.53 bits per heavy atom. The average molecular weight is 298 g/mol. The van der Waals surface area contributed by atoms with Gasteiger partial charge in [-0.05, 0) is 41.9 Å². The van der Waals surface area contributed by atoms with Gasteiger partial charge in [-0.2, -0.15) is 0 Å². The highest BCUT2D eigenvalue weighted by atomic mass is 79.9. The minimum absolute atomic E-state index is 0.101. The monoisotopic (exact) mass is 297 g/mol. The molecule has 1 aromatic rings. The zero-order valence-electron chi connectivity index (χ0n) is 9.93. The lowest BCUT2D eigenvalue weighted by Crippen LogP contribution is -2.38. The number of amides is 1. The van der Waals surface area contributed by atoms with Gasteiger partial charge in [0.1, 0.15) is 0 Å². The lowest BCUT2D eigenvalue weighted by atomic mass is 10.1. The molecule has 1 fully saturated rings. The van der Waals surface area contributed by atoms with E-state index in [9.17, 15) is 4.79 Å². The molecule has 5 heteroatoms. The molecule has 17 heavy (non-hydrogen) atoms. The molecule has 1 aliphatic rings. The largest absolute Gasteiger partial charge is 0.330 e. The first-order valence-electron chi connectivity index (χ1n) is 5.69. The number of nitrogens with two attached hydrogens (primary N) is 1. The van der Waals surface area contributed by atoms with Gasteiger partial charge in [-0.1, -0.05) is 0 Å². The lowest BCUT2D eigenvalue weighted by Gasteiger charge is -2.29. The Morgan fingerprint density at radius 3 is 2.76 bits per heavy atom. The molecule has 2 heterocycles. The van der Waals surface area contributed by atoms with Crippen molar-refractivity contribution in [2.45, 2.75) is 38.4 Å². The number of aromatic nitrogens is 1. The van der Waals surface area contributed by atoms with E-state index >= 15 is 0 Å². The summed E-state index contributed by atoms with van der Waals surface area (Å²) in [6.45, 7) is 4.00. The first kappa shape index (κ1) is 12.5. The first-order chi connectivity index (χ1) is 8.00. The van der Waals surface area contributed by atoms with E-state index in [0.717, 1.165) is 10.2 Å². The fourth-order valence-corrected chi connectivity index (χ4v) is 2.55. The summed E-state index contributed by atoms with van der Waals surface area (Å²) in [6, 6.07) is 3.72. The van der Waals surface area contributed by atoms with Crippen LogP contribution in [0.2, 0.25) is 0 Å². The molecule has 0 bridgehead atoms. The van der Waals surface area contributed by atoms with Crippen LogP contribution in [0.15, 0.2) is 22.8 Å². The molecule has 2 atom stereocenters. The number of hydrogen-bond acceptors (Lipinski definition) is 3. The third-order valence-electron chi connectivity index (χ3n) is 3.01. The number of rotatable bonds is 2. The lowest BCUT2D eigenvalue weighted by molar-refractivity contribution is -0.130. The maximum absolute atomic E-state index is 11.9. The molecule has 92 valence electrons. The number of likely N-dealkylation sites (tertiary alicyclic amines) is 1. The number of hydrogen-bond donors (Lipinski definition) is 1. The summed E-state index contributed by atoms with van der Waals surface area (Å²) >= 11 is 3.35. The van der Waals surface area contributed by atoms with Gasteiger partial charge in [0.15, 0.2) is 0 Å². The highest BCUT2D eigenvalue weighted by molar-refractivity contribution is 9.10. The Morgan fingerprint density at radius 2 is 2.24 bits per heavy atom. The highest BCUT2D eigenvalue weighted by Gasteiger charge is 2.40. The molecule has 1 aliphatic heterocycles. The molecule has 0 aliphatic carbocycles. The molecule has 1 aromatic heterocycles. The first-order valence-corrected chi connectivity index (χ1v) is 6.48. The molecule has 0 saturated carbocycles. The van der Waals surface area contributed by atoms with Gasteiger partial charge >= 0.3 is 0 Å². The van der Waals surface area contributed by atoms with Crippen molar-refractivity contribution in [2.75, 3.05) is 0 Å². The molecule has 1 saturated heterocycles. The molecule has 2 N–H and O–H groups in total. The Balaban J connectivity index is 2.34. The van der Waals surface area contributed by atoms with E-state index in [1.54, 1.807) is 6.20 Å². The van der Waals surface area contributed by atoms with Crippen LogP contribution in [0.5, 0.6) is 0 Å². The zero-order valence-corrected chi connectivity index (χ0v) is 11.5. The number of halogens is 1. The molecule has 2 rings (SSSR count). The van der Waals surface area contributed by atoms with Crippen LogP contribution in [0, 0.1) is 0 Å². The topological polar surface area (TPSA) is 59.2 Å². The molecular weight excluding hydrogens is 282 g/mol. The van der Waals surface area contributed by atoms with Crippen molar-refractivity contribution < 1.29 is 4.79 Å². The van der Waals surface area contributed by atoms with Gasteiger partial charge in [-0.25, -0.2) is 0 Å². The van der Waals surface area contributed by atoms with E-state index in [1.807, 2.05) is 30.9 Å². The van der Waals surface area contributed by atoms with E-state index in [2.05, 4.69) is 20.9 Å². The molecule has 1 amide bonds. The fraction of sp³-hybridized carbons (Fsp3) is 0.500. The van der Waals surface area contributed by atoms with Gasteiger partial charge in [0.05, 0.1) is 11.7 Å². The van der Waals surface area contributed by atoms with Crippen LogP contribution >= 0.6 is 15.9 Å².